The fraction of sp³-hybridized carbons (Fsp3) is 0.900. The Morgan fingerprint density at radius 2 is 2.50 bits per heavy atom. The molecular formula is C10H19NO3. The van der Waals surface area contributed by atoms with Crippen molar-refractivity contribution in [3.63, 3.8) is 0 Å². The number of hydrogen-bond donors (Lipinski definition) is 1. The number of ether oxygens (including phenoxy) is 2. The van der Waals surface area contributed by atoms with E-state index >= 15 is 0 Å². The molecule has 2 unspecified atom stereocenters. The highest BCUT2D eigenvalue weighted by Gasteiger charge is 2.22. The van der Waals surface area contributed by atoms with Crippen LogP contribution in [0.1, 0.15) is 20.3 Å². The smallest absolute Gasteiger partial charge is 0.310 e. The number of hydrogen-bond acceptors (Lipinski definition) is 4. The molecule has 0 radical (unpaired) electrons. The molecular weight excluding hydrogens is 182 g/mol. The van der Waals surface area contributed by atoms with E-state index in [1.54, 1.807) is 0 Å². The summed E-state index contributed by atoms with van der Waals surface area (Å²) >= 11 is 0. The van der Waals surface area contributed by atoms with E-state index in [2.05, 4.69) is 5.32 Å². The van der Waals surface area contributed by atoms with Crippen molar-refractivity contribution in [3.05, 3.63) is 0 Å². The maximum Gasteiger partial charge on any atom is 0.310 e. The lowest BCUT2D eigenvalue weighted by atomic mass is 10.2. The summed E-state index contributed by atoms with van der Waals surface area (Å²) in [4.78, 5) is 11.5. The first-order valence-electron chi connectivity index (χ1n) is 5.23. The molecule has 4 heteroatoms. The van der Waals surface area contributed by atoms with Gasteiger partial charge < -0.3 is 14.8 Å². The molecule has 0 aliphatic carbocycles. The number of rotatable bonds is 5. The second-order valence-corrected chi connectivity index (χ2v) is 3.63. The topological polar surface area (TPSA) is 47.6 Å². The first-order valence-corrected chi connectivity index (χ1v) is 5.23. The van der Waals surface area contributed by atoms with E-state index in [0.717, 1.165) is 13.0 Å². The zero-order valence-corrected chi connectivity index (χ0v) is 8.91. The van der Waals surface area contributed by atoms with Crippen molar-refractivity contribution in [2.45, 2.75) is 26.4 Å². The van der Waals surface area contributed by atoms with Crippen LogP contribution >= 0.6 is 0 Å². The van der Waals surface area contributed by atoms with Crippen LogP contribution in [0.5, 0.6) is 0 Å². The van der Waals surface area contributed by atoms with Crippen LogP contribution in [-0.4, -0.2) is 38.4 Å². The highest BCUT2D eigenvalue weighted by atomic mass is 16.6. The van der Waals surface area contributed by atoms with E-state index in [1.807, 2.05) is 13.8 Å². The highest BCUT2D eigenvalue weighted by molar-refractivity contribution is 5.72. The third-order valence-electron chi connectivity index (χ3n) is 2.27. The van der Waals surface area contributed by atoms with Crippen molar-refractivity contribution in [2.75, 3.05) is 26.3 Å². The molecule has 0 spiro atoms. The van der Waals surface area contributed by atoms with Gasteiger partial charge in [-0.15, -0.1) is 0 Å². The summed E-state index contributed by atoms with van der Waals surface area (Å²) in [6.07, 6.45) is 0.811. The Morgan fingerprint density at radius 1 is 1.71 bits per heavy atom. The fourth-order valence-corrected chi connectivity index (χ4v) is 1.33. The van der Waals surface area contributed by atoms with Crippen LogP contribution < -0.4 is 5.32 Å². The van der Waals surface area contributed by atoms with Crippen LogP contribution in [-0.2, 0) is 14.3 Å². The average Bonchev–Trinajstić information content (AvgIpc) is 2.66. The van der Waals surface area contributed by atoms with Gasteiger partial charge in [-0.1, -0.05) is 13.8 Å². The van der Waals surface area contributed by atoms with Crippen LogP contribution in [0.15, 0.2) is 0 Å². The molecule has 0 bridgehead atoms. The monoisotopic (exact) mass is 201 g/mol. The molecule has 1 N–H and O–H groups in total. The van der Waals surface area contributed by atoms with Crippen molar-refractivity contribution in [2.24, 2.45) is 5.92 Å². The second kappa shape index (κ2) is 5.98. The molecule has 1 saturated heterocycles. The molecule has 82 valence electrons. The summed E-state index contributed by atoms with van der Waals surface area (Å²) in [5.74, 6) is -0.197. The predicted octanol–water partition coefficient (Wildman–Crippen LogP) is 0.564. The van der Waals surface area contributed by atoms with Gasteiger partial charge in [-0.2, -0.15) is 0 Å². The summed E-state index contributed by atoms with van der Waals surface area (Å²) in [6.45, 7) is 6.72. The Kier molecular flexibility index (Phi) is 4.90. The molecule has 1 rings (SSSR count). The van der Waals surface area contributed by atoms with Gasteiger partial charge >= 0.3 is 5.97 Å². The number of carbonyl (C=O) groups excluding carboxylic acids is 1. The van der Waals surface area contributed by atoms with Gasteiger partial charge in [0.05, 0.1) is 19.1 Å². The molecule has 0 aromatic heterocycles. The van der Waals surface area contributed by atoms with Crippen LogP contribution in [0, 0.1) is 5.92 Å². The number of carbonyl (C=O) groups is 1. The summed E-state index contributed by atoms with van der Waals surface area (Å²) in [7, 11) is 0. The van der Waals surface area contributed by atoms with Crippen LogP contribution in [0.2, 0.25) is 0 Å². The fourth-order valence-electron chi connectivity index (χ4n) is 1.33. The molecule has 1 aliphatic heterocycles. The Bertz CT molecular complexity index is 178. The van der Waals surface area contributed by atoms with Gasteiger partial charge in [0, 0.05) is 13.0 Å². The maximum absolute atomic E-state index is 11.5. The normalized spacial score (nSPS) is 23.4. The molecule has 2 atom stereocenters. The zero-order chi connectivity index (χ0) is 10.4. The Morgan fingerprint density at radius 3 is 3.07 bits per heavy atom. The number of esters is 1. The third kappa shape index (κ3) is 3.64. The maximum atomic E-state index is 11.5. The third-order valence-corrected chi connectivity index (χ3v) is 2.27. The lowest BCUT2D eigenvalue weighted by molar-refractivity contribution is -0.153. The number of nitrogens with one attached hydrogen (secondary N) is 1. The minimum Gasteiger partial charge on any atom is -0.460 e. The largest absolute Gasteiger partial charge is 0.460 e. The Labute approximate surface area is 85.0 Å². The van der Waals surface area contributed by atoms with Gasteiger partial charge in [-0.3, -0.25) is 4.79 Å². The summed E-state index contributed by atoms with van der Waals surface area (Å²) in [6, 6.07) is 0. The van der Waals surface area contributed by atoms with E-state index in [9.17, 15) is 4.79 Å². The highest BCUT2D eigenvalue weighted by Crippen LogP contribution is 2.10. The van der Waals surface area contributed by atoms with Crippen molar-refractivity contribution < 1.29 is 14.3 Å². The minimum absolute atomic E-state index is 0.0217. The summed E-state index contributed by atoms with van der Waals surface area (Å²) in [5, 5.41) is 3.12. The van der Waals surface area contributed by atoms with Gasteiger partial charge in [-0.05, 0) is 6.54 Å². The van der Waals surface area contributed by atoms with Crippen LogP contribution in [0.25, 0.3) is 0 Å². The SMILES string of the molecule is CCNCC(C)C(=O)OC1CCOC1. The molecule has 0 saturated carbocycles. The Balaban J connectivity index is 2.18. The molecule has 0 aromatic carbocycles. The van der Waals surface area contributed by atoms with E-state index < -0.39 is 0 Å². The standard InChI is InChI=1S/C10H19NO3/c1-3-11-6-8(2)10(12)14-9-4-5-13-7-9/h8-9,11H,3-7H2,1-2H3. The van der Waals surface area contributed by atoms with Gasteiger partial charge in [0.1, 0.15) is 6.10 Å². The van der Waals surface area contributed by atoms with Crippen LogP contribution in [0.3, 0.4) is 0 Å². The predicted molar refractivity (Wildman–Crippen MR) is 53.0 cm³/mol. The van der Waals surface area contributed by atoms with Gasteiger partial charge in [0.2, 0.25) is 0 Å². The van der Waals surface area contributed by atoms with E-state index in [4.69, 9.17) is 9.47 Å². The first-order chi connectivity index (χ1) is 6.74. The second-order valence-electron chi connectivity index (χ2n) is 3.63. The van der Waals surface area contributed by atoms with Gasteiger partial charge in [0.15, 0.2) is 0 Å². The molecule has 0 amide bonds. The van der Waals surface area contributed by atoms with Gasteiger partial charge in [-0.25, -0.2) is 0 Å². The lowest BCUT2D eigenvalue weighted by Crippen LogP contribution is -2.30. The molecule has 1 fully saturated rings. The average molecular weight is 201 g/mol. The Hall–Kier alpha value is -0.610. The molecule has 0 aromatic rings. The van der Waals surface area contributed by atoms with E-state index in [1.165, 1.54) is 0 Å². The molecule has 4 nitrogen and oxygen atoms in total. The van der Waals surface area contributed by atoms with Crippen LogP contribution in [0.4, 0.5) is 0 Å². The molecule has 1 heterocycles. The summed E-state index contributed by atoms with van der Waals surface area (Å²) < 4.78 is 10.4. The lowest BCUT2D eigenvalue weighted by Gasteiger charge is -2.14. The minimum atomic E-state index is -0.124. The first kappa shape index (κ1) is 11.5. The van der Waals surface area contributed by atoms with Gasteiger partial charge in [0.25, 0.3) is 0 Å². The van der Waals surface area contributed by atoms with E-state index in [0.29, 0.717) is 19.8 Å². The summed E-state index contributed by atoms with van der Waals surface area (Å²) in [5.41, 5.74) is 0. The van der Waals surface area contributed by atoms with Crippen molar-refractivity contribution in [1.82, 2.24) is 5.32 Å². The quantitative estimate of drug-likeness (QED) is 0.660. The van der Waals surface area contributed by atoms with Crippen molar-refractivity contribution in [1.29, 1.82) is 0 Å². The zero-order valence-electron chi connectivity index (χ0n) is 8.91. The van der Waals surface area contributed by atoms with E-state index in [-0.39, 0.29) is 18.0 Å². The van der Waals surface area contributed by atoms with Crippen molar-refractivity contribution >= 4 is 5.97 Å². The van der Waals surface area contributed by atoms with Crippen molar-refractivity contribution in [3.8, 4) is 0 Å². The molecule has 14 heavy (non-hydrogen) atoms. The molecule has 1 aliphatic rings.